The summed E-state index contributed by atoms with van der Waals surface area (Å²) in [5.74, 6) is 7.46. The molecule has 3 aliphatic carbocycles. The number of benzene rings is 2. The molecule has 2 aromatic rings. The summed E-state index contributed by atoms with van der Waals surface area (Å²) in [5.41, 5.74) is 0. The Balaban J connectivity index is 1.29. The van der Waals surface area contributed by atoms with E-state index in [9.17, 15) is 0 Å². The second kappa shape index (κ2) is 7.52. The lowest BCUT2D eigenvalue weighted by molar-refractivity contribution is 0.210. The number of hydrogen-bond acceptors (Lipinski definition) is 1. The smallest absolute Gasteiger partial charge is 0.163 e. The quantitative estimate of drug-likeness (QED) is 0.504. The van der Waals surface area contributed by atoms with Crippen LogP contribution in [0.2, 0.25) is 0 Å². The summed E-state index contributed by atoms with van der Waals surface area (Å²) in [5, 5.41) is 3.68. The monoisotopic (exact) mass is 407 g/mol. The average Bonchev–Trinajstić information content (AvgIpc) is 3.47. The third-order valence-electron chi connectivity index (χ3n) is 8.85. The molecule has 4 aliphatic rings. The van der Waals surface area contributed by atoms with Crippen LogP contribution in [0.25, 0.3) is 10.8 Å². The topological polar surface area (TPSA) is 9.23 Å². The second-order valence-corrected chi connectivity index (χ2v) is 12.7. The molecular weight excluding hydrogens is 372 g/mol. The summed E-state index contributed by atoms with van der Waals surface area (Å²) < 4.78 is 6.43. The van der Waals surface area contributed by atoms with Crippen molar-refractivity contribution in [3.05, 3.63) is 36.4 Å². The Labute approximate surface area is 178 Å². The van der Waals surface area contributed by atoms with Crippen LogP contribution in [0.4, 0.5) is 0 Å². The van der Waals surface area contributed by atoms with Crippen molar-refractivity contribution in [2.24, 2.45) is 29.6 Å². The number of ether oxygens (including phenoxy) is 1. The molecule has 0 N–H and O–H groups in total. The summed E-state index contributed by atoms with van der Waals surface area (Å²) in [6.45, 7) is 3.48. The van der Waals surface area contributed by atoms with Crippen molar-refractivity contribution in [2.45, 2.75) is 68.4 Å². The van der Waals surface area contributed by atoms with Crippen molar-refractivity contribution in [1.29, 1.82) is 0 Å². The standard InChI is InChI=1S/C27H35OS/c1-18-27-21-12-11-20(15-21)24(27)17-29(18)26-14-13-25(22-9-5-6-10-23(22)26)28-16-19-7-3-2-4-8-19/h5-6,9-10,13-14,18-21,24,27H,2-4,7-8,11-12,15-17H2,1H3/q+1. The van der Waals surface area contributed by atoms with E-state index in [1.807, 2.05) is 0 Å². The van der Waals surface area contributed by atoms with E-state index in [0.29, 0.717) is 10.9 Å². The lowest BCUT2D eigenvalue weighted by Crippen LogP contribution is -2.25. The summed E-state index contributed by atoms with van der Waals surface area (Å²) >= 11 is 0. The molecule has 0 aromatic heterocycles. The van der Waals surface area contributed by atoms with Gasteiger partial charge in [-0.15, -0.1) is 0 Å². The van der Waals surface area contributed by atoms with Gasteiger partial charge in [-0.05, 0) is 75.0 Å². The zero-order chi connectivity index (χ0) is 19.4. The van der Waals surface area contributed by atoms with Gasteiger partial charge in [0.2, 0.25) is 0 Å². The normalized spacial score (nSPS) is 36.6. The van der Waals surface area contributed by atoms with E-state index in [2.05, 4.69) is 43.3 Å². The zero-order valence-corrected chi connectivity index (χ0v) is 18.6. The van der Waals surface area contributed by atoms with Gasteiger partial charge in [-0.2, -0.15) is 0 Å². The SMILES string of the molecule is CC1C2C3CCC(C3)C2C[S+]1c1ccc(OCC2CCCCC2)c2ccccc12. The van der Waals surface area contributed by atoms with Crippen molar-refractivity contribution >= 4 is 21.7 Å². The van der Waals surface area contributed by atoms with Crippen LogP contribution < -0.4 is 4.74 Å². The fourth-order valence-electron chi connectivity index (χ4n) is 7.43. The molecule has 0 amide bonds. The predicted octanol–water partition coefficient (Wildman–Crippen LogP) is 6.84. The highest BCUT2D eigenvalue weighted by atomic mass is 32.2. The molecule has 1 heterocycles. The molecule has 2 bridgehead atoms. The van der Waals surface area contributed by atoms with Crippen molar-refractivity contribution in [3.63, 3.8) is 0 Å². The Kier molecular flexibility index (Phi) is 4.82. The molecule has 1 saturated heterocycles. The molecule has 3 saturated carbocycles. The zero-order valence-electron chi connectivity index (χ0n) is 17.8. The summed E-state index contributed by atoms with van der Waals surface area (Å²) in [7, 11) is 0.408. The van der Waals surface area contributed by atoms with E-state index in [1.165, 1.54) is 61.5 Å². The largest absolute Gasteiger partial charge is 0.493 e. The van der Waals surface area contributed by atoms with Gasteiger partial charge in [-0.3, -0.25) is 0 Å². The van der Waals surface area contributed by atoms with Crippen molar-refractivity contribution in [3.8, 4) is 5.75 Å². The van der Waals surface area contributed by atoms with Crippen LogP contribution in [0.1, 0.15) is 58.3 Å². The van der Waals surface area contributed by atoms with Gasteiger partial charge >= 0.3 is 0 Å². The van der Waals surface area contributed by atoms with Crippen LogP contribution in [-0.2, 0) is 10.9 Å². The first-order chi connectivity index (χ1) is 14.3. The van der Waals surface area contributed by atoms with Gasteiger partial charge in [-0.1, -0.05) is 37.5 Å². The van der Waals surface area contributed by atoms with Crippen molar-refractivity contribution in [1.82, 2.24) is 0 Å². The fraction of sp³-hybridized carbons (Fsp3) is 0.630. The third-order valence-corrected chi connectivity index (χ3v) is 11.7. The molecule has 4 fully saturated rings. The molecule has 29 heavy (non-hydrogen) atoms. The van der Waals surface area contributed by atoms with Gasteiger partial charge in [0.1, 0.15) is 16.8 Å². The summed E-state index contributed by atoms with van der Waals surface area (Å²) in [6, 6.07) is 13.8. The minimum atomic E-state index is 0.408. The fourth-order valence-corrected chi connectivity index (χ4v) is 10.7. The van der Waals surface area contributed by atoms with Gasteiger partial charge in [0.15, 0.2) is 4.90 Å². The number of fused-ring (bicyclic) bond motifs is 6. The first-order valence-electron chi connectivity index (χ1n) is 12.1. The Bertz CT molecular complexity index is 885. The molecule has 1 aliphatic heterocycles. The molecule has 6 atom stereocenters. The highest BCUT2D eigenvalue weighted by molar-refractivity contribution is 7.98. The lowest BCUT2D eigenvalue weighted by Gasteiger charge is -2.23. The molecule has 2 aromatic carbocycles. The maximum absolute atomic E-state index is 6.43. The van der Waals surface area contributed by atoms with E-state index in [-0.39, 0.29) is 0 Å². The maximum Gasteiger partial charge on any atom is 0.163 e. The molecule has 2 heteroatoms. The molecule has 154 valence electrons. The first-order valence-corrected chi connectivity index (χ1v) is 13.6. The van der Waals surface area contributed by atoms with Gasteiger partial charge < -0.3 is 4.74 Å². The number of rotatable bonds is 4. The van der Waals surface area contributed by atoms with Crippen LogP contribution in [0.15, 0.2) is 41.3 Å². The van der Waals surface area contributed by atoms with Gasteiger partial charge in [0.05, 0.1) is 6.61 Å². The van der Waals surface area contributed by atoms with E-state index in [1.54, 1.807) is 11.3 Å². The highest BCUT2D eigenvalue weighted by Crippen LogP contribution is 2.59. The maximum atomic E-state index is 6.43. The van der Waals surface area contributed by atoms with Crippen molar-refractivity contribution < 1.29 is 4.74 Å². The van der Waals surface area contributed by atoms with E-state index >= 15 is 0 Å². The molecule has 6 rings (SSSR count). The van der Waals surface area contributed by atoms with Crippen molar-refractivity contribution in [2.75, 3.05) is 12.4 Å². The molecule has 6 unspecified atom stereocenters. The minimum Gasteiger partial charge on any atom is -0.493 e. The molecular formula is C27H35OS+. The second-order valence-electron chi connectivity index (χ2n) is 10.3. The van der Waals surface area contributed by atoms with Gasteiger partial charge in [-0.25, -0.2) is 0 Å². The Morgan fingerprint density at radius 2 is 1.69 bits per heavy atom. The summed E-state index contributed by atoms with van der Waals surface area (Å²) in [6.07, 6.45) is 11.5. The molecule has 0 radical (unpaired) electrons. The van der Waals surface area contributed by atoms with E-state index in [4.69, 9.17) is 4.74 Å². The number of hydrogen-bond donors (Lipinski definition) is 0. The van der Waals surface area contributed by atoms with Gasteiger partial charge in [0.25, 0.3) is 0 Å². The van der Waals surface area contributed by atoms with Crippen LogP contribution in [0, 0.1) is 29.6 Å². The molecule has 0 spiro atoms. The highest BCUT2D eigenvalue weighted by Gasteiger charge is 2.61. The average molecular weight is 408 g/mol. The van der Waals surface area contributed by atoms with Gasteiger partial charge in [0, 0.05) is 33.5 Å². The van der Waals surface area contributed by atoms with E-state index < -0.39 is 0 Å². The lowest BCUT2D eigenvalue weighted by atomic mass is 9.79. The van der Waals surface area contributed by atoms with Crippen LogP contribution in [-0.4, -0.2) is 17.6 Å². The predicted molar refractivity (Wildman–Crippen MR) is 124 cm³/mol. The first kappa shape index (κ1) is 18.6. The summed E-state index contributed by atoms with van der Waals surface area (Å²) in [4.78, 5) is 1.63. The Hall–Kier alpha value is -1.15. The van der Waals surface area contributed by atoms with E-state index in [0.717, 1.165) is 47.2 Å². The van der Waals surface area contributed by atoms with Crippen LogP contribution in [0.3, 0.4) is 0 Å². The Morgan fingerprint density at radius 1 is 0.897 bits per heavy atom. The van der Waals surface area contributed by atoms with Crippen LogP contribution in [0.5, 0.6) is 5.75 Å². The third kappa shape index (κ3) is 3.12. The molecule has 1 nitrogen and oxygen atoms in total. The minimum absolute atomic E-state index is 0.408. The Morgan fingerprint density at radius 3 is 2.52 bits per heavy atom. The van der Waals surface area contributed by atoms with Crippen LogP contribution >= 0.6 is 0 Å².